The van der Waals surface area contributed by atoms with Crippen molar-refractivity contribution in [2.45, 2.75) is 19.5 Å². The van der Waals surface area contributed by atoms with Crippen molar-refractivity contribution in [3.63, 3.8) is 0 Å². The first-order valence-corrected chi connectivity index (χ1v) is 7.05. The number of nitrogens with one attached hydrogen (secondary N) is 2. The molecule has 0 aliphatic rings. The standard InChI is InChI=1S/C16H16F3N3O/c1-2-11-7-8-20-14(9-11)21-10-15(23)22-13-6-4-3-5-12(13)16(17,18)19/h3-9H,2,10H2,1H3,(H,20,21)(H,22,23). The molecular formula is C16H16F3N3O. The monoisotopic (exact) mass is 323 g/mol. The van der Waals surface area contributed by atoms with E-state index in [-0.39, 0.29) is 12.2 Å². The second kappa shape index (κ2) is 7.13. The van der Waals surface area contributed by atoms with E-state index in [1.165, 1.54) is 18.2 Å². The summed E-state index contributed by atoms with van der Waals surface area (Å²) >= 11 is 0. The molecular weight excluding hydrogens is 307 g/mol. The number of para-hydroxylation sites is 1. The number of carbonyl (C=O) groups excluding carboxylic acids is 1. The van der Waals surface area contributed by atoms with Gasteiger partial charge < -0.3 is 10.6 Å². The minimum Gasteiger partial charge on any atom is -0.361 e. The van der Waals surface area contributed by atoms with Gasteiger partial charge in [-0.2, -0.15) is 13.2 Å². The summed E-state index contributed by atoms with van der Waals surface area (Å²) in [5.41, 5.74) is -0.0909. The normalized spacial score (nSPS) is 11.1. The zero-order valence-corrected chi connectivity index (χ0v) is 12.4. The Morgan fingerprint density at radius 1 is 1.22 bits per heavy atom. The number of pyridine rings is 1. The highest BCUT2D eigenvalue weighted by atomic mass is 19.4. The summed E-state index contributed by atoms with van der Waals surface area (Å²) in [5.74, 6) is -0.0750. The summed E-state index contributed by atoms with van der Waals surface area (Å²) in [6.45, 7) is 1.81. The number of hydrogen-bond donors (Lipinski definition) is 2. The molecule has 2 aromatic rings. The highest BCUT2D eigenvalue weighted by molar-refractivity contribution is 5.94. The van der Waals surface area contributed by atoms with Crippen molar-refractivity contribution in [3.8, 4) is 0 Å². The lowest BCUT2D eigenvalue weighted by Crippen LogP contribution is -2.23. The van der Waals surface area contributed by atoms with Crippen molar-refractivity contribution in [2.75, 3.05) is 17.2 Å². The number of benzene rings is 1. The third kappa shape index (κ3) is 4.70. The Morgan fingerprint density at radius 2 is 1.96 bits per heavy atom. The lowest BCUT2D eigenvalue weighted by Gasteiger charge is -2.14. The quantitative estimate of drug-likeness (QED) is 0.882. The number of amides is 1. The van der Waals surface area contributed by atoms with Crippen LogP contribution in [0.25, 0.3) is 0 Å². The van der Waals surface area contributed by atoms with Gasteiger partial charge in [0.05, 0.1) is 17.8 Å². The van der Waals surface area contributed by atoms with Crippen LogP contribution < -0.4 is 10.6 Å². The van der Waals surface area contributed by atoms with Crippen LogP contribution in [0.5, 0.6) is 0 Å². The molecule has 1 heterocycles. The number of nitrogens with zero attached hydrogens (tertiary/aromatic N) is 1. The molecule has 0 fully saturated rings. The predicted molar refractivity (Wildman–Crippen MR) is 82.2 cm³/mol. The Bertz CT molecular complexity index is 686. The van der Waals surface area contributed by atoms with Crippen molar-refractivity contribution in [1.82, 2.24) is 4.98 Å². The van der Waals surface area contributed by atoms with E-state index in [0.29, 0.717) is 5.82 Å². The fourth-order valence-electron chi connectivity index (χ4n) is 2.00. The van der Waals surface area contributed by atoms with Crippen molar-refractivity contribution >= 4 is 17.4 Å². The van der Waals surface area contributed by atoms with Gasteiger partial charge in [0.1, 0.15) is 5.82 Å². The van der Waals surface area contributed by atoms with Gasteiger partial charge in [0.15, 0.2) is 0 Å². The van der Waals surface area contributed by atoms with Gasteiger partial charge in [-0.1, -0.05) is 19.1 Å². The highest BCUT2D eigenvalue weighted by Gasteiger charge is 2.33. The van der Waals surface area contributed by atoms with Crippen molar-refractivity contribution < 1.29 is 18.0 Å². The number of hydrogen-bond acceptors (Lipinski definition) is 3. The van der Waals surface area contributed by atoms with Crippen LogP contribution in [0.3, 0.4) is 0 Å². The van der Waals surface area contributed by atoms with Gasteiger partial charge in [-0.15, -0.1) is 0 Å². The number of alkyl halides is 3. The molecule has 0 bridgehead atoms. The molecule has 2 rings (SSSR count). The van der Waals surface area contributed by atoms with Crippen LogP contribution >= 0.6 is 0 Å². The lowest BCUT2D eigenvalue weighted by atomic mass is 10.1. The van der Waals surface area contributed by atoms with Crippen LogP contribution in [0.15, 0.2) is 42.6 Å². The van der Waals surface area contributed by atoms with Gasteiger partial charge in [0.25, 0.3) is 0 Å². The minimum atomic E-state index is -4.52. The molecule has 0 spiro atoms. The number of aryl methyl sites for hydroxylation is 1. The summed E-state index contributed by atoms with van der Waals surface area (Å²) in [6.07, 6.45) is -2.09. The van der Waals surface area contributed by atoms with Gasteiger partial charge in [0.2, 0.25) is 5.91 Å². The van der Waals surface area contributed by atoms with E-state index in [4.69, 9.17) is 0 Å². The molecule has 122 valence electrons. The summed E-state index contributed by atoms with van der Waals surface area (Å²) in [7, 11) is 0. The smallest absolute Gasteiger partial charge is 0.361 e. The summed E-state index contributed by atoms with van der Waals surface area (Å²) < 4.78 is 38.6. The maximum absolute atomic E-state index is 12.9. The Balaban J connectivity index is 2.00. The van der Waals surface area contributed by atoms with E-state index in [0.717, 1.165) is 18.1 Å². The van der Waals surface area contributed by atoms with Crippen molar-refractivity contribution in [1.29, 1.82) is 0 Å². The Kier molecular flexibility index (Phi) is 5.20. The molecule has 0 aliphatic heterocycles. The molecule has 4 nitrogen and oxygen atoms in total. The first kappa shape index (κ1) is 16.8. The van der Waals surface area contributed by atoms with Gasteiger partial charge in [0, 0.05) is 6.20 Å². The maximum Gasteiger partial charge on any atom is 0.418 e. The number of rotatable bonds is 5. The first-order chi connectivity index (χ1) is 10.9. The zero-order chi connectivity index (χ0) is 16.9. The first-order valence-electron chi connectivity index (χ1n) is 7.05. The maximum atomic E-state index is 12.9. The van der Waals surface area contributed by atoms with E-state index < -0.39 is 17.6 Å². The fraction of sp³-hybridized carbons (Fsp3) is 0.250. The fourth-order valence-corrected chi connectivity index (χ4v) is 2.00. The Labute approximate surface area is 131 Å². The molecule has 1 aromatic heterocycles. The van der Waals surface area contributed by atoms with E-state index >= 15 is 0 Å². The minimum absolute atomic E-state index is 0.174. The summed E-state index contributed by atoms with van der Waals surface area (Å²) in [4.78, 5) is 15.9. The largest absolute Gasteiger partial charge is 0.418 e. The molecule has 0 aliphatic carbocycles. The van der Waals surface area contributed by atoms with Crippen LogP contribution in [-0.2, 0) is 17.4 Å². The topological polar surface area (TPSA) is 54.0 Å². The molecule has 0 saturated heterocycles. The van der Waals surface area contributed by atoms with Crippen LogP contribution in [0.2, 0.25) is 0 Å². The van der Waals surface area contributed by atoms with Gasteiger partial charge in [-0.3, -0.25) is 4.79 Å². The molecule has 1 amide bonds. The van der Waals surface area contributed by atoms with Crippen LogP contribution in [0.1, 0.15) is 18.1 Å². The molecule has 0 unspecified atom stereocenters. The average Bonchev–Trinajstić information content (AvgIpc) is 2.52. The Morgan fingerprint density at radius 3 is 2.65 bits per heavy atom. The van der Waals surface area contributed by atoms with E-state index in [9.17, 15) is 18.0 Å². The third-order valence-corrected chi connectivity index (χ3v) is 3.17. The summed E-state index contributed by atoms with van der Waals surface area (Å²) in [6, 6.07) is 8.50. The van der Waals surface area contributed by atoms with Gasteiger partial charge >= 0.3 is 6.18 Å². The highest BCUT2D eigenvalue weighted by Crippen LogP contribution is 2.34. The molecule has 2 N–H and O–H groups in total. The lowest BCUT2D eigenvalue weighted by molar-refractivity contribution is -0.137. The van der Waals surface area contributed by atoms with Crippen molar-refractivity contribution in [3.05, 3.63) is 53.7 Å². The predicted octanol–water partition coefficient (Wildman–Crippen LogP) is 3.71. The zero-order valence-electron chi connectivity index (χ0n) is 12.4. The number of carbonyl (C=O) groups is 1. The molecule has 7 heteroatoms. The number of halogens is 3. The van der Waals surface area contributed by atoms with Crippen LogP contribution in [0.4, 0.5) is 24.7 Å². The molecule has 23 heavy (non-hydrogen) atoms. The molecule has 1 aromatic carbocycles. The van der Waals surface area contributed by atoms with E-state index in [1.807, 2.05) is 13.0 Å². The number of aromatic nitrogens is 1. The van der Waals surface area contributed by atoms with Crippen LogP contribution in [0, 0.1) is 0 Å². The van der Waals surface area contributed by atoms with E-state index in [2.05, 4.69) is 15.6 Å². The third-order valence-electron chi connectivity index (χ3n) is 3.17. The van der Waals surface area contributed by atoms with Gasteiger partial charge in [-0.25, -0.2) is 4.98 Å². The second-order valence-corrected chi connectivity index (χ2v) is 4.85. The van der Waals surface area contributed by atoms with Crippen LogP contribution in [-0.4, -0.2) is 17.4 Å². The molecule has 0 radical (unpaired) electrons. The second-order valence-electron chi connectivity index (χ2n) is 4.85. The van der Waals surface area contributed by atoms with Crippen molar-refractivity contribution in [2.24, 2.45) is 0 Å². The summed E-state index contributed by atoms with van der Waals surface area (Å²) in [5, 5.41) is 5.06. The van der Waals surface area contributed by atoms with Gasteiger partial charge in [-0.05, 0) is 36.2 Å². The molecule has 0 atom stereocenters. The number of anilines is 2. The SMILES string of the molecule is CCc1ccnc(NCC(=O)Nc2ccccc2C(F)(F)F)c1. The average molecular weight is 323 g/mol. The molecule has 0 saturated carbocycles. The Hall–Kier alpha value is -2.57. The van der Waals surface area contributed by atoms with E-state index in [1.54, 1.807) is 12.3 Å².